The molecule has 0 spiro atoms. The summed E-state index contributed by atoms with van der Waals surface area (Å²) in [5, 5.41) is 12.7. The number of benzene rings is 1. The van der Waals surface area contributed by atoms with Gasteiger partial charge in [0.1, 0.15) is 0 Å². The molecule has 2 saturated heterocycles. The molecule has 116 valence electrons. The predicted octanol–water partition coefficient (Wildman–Crippen LogP) is 3.19. The van der Waals surface area contributed by atoms with Crippen molar-refractivity contribution in [3.63, 3.8) is 0 Å². The van der Waals surface area contributed by atoms with Crippen LogP contribution in [0.4, 0.5) is 0 Å². The Morgan fingerprint density at radius 2 is 1.95 bits per heavy atom. The SMILES string of the molecule is Cc1c(C2(O)CC3CCCC(C2)S3=O)ccc2cccnc12. The molecule has 0 amide bonds. The molecule has 1 aromatic carbocycles. The molecule has 1 N–H and O–H groups in total. The lowest BCUT2D eigenvalue weighted by Crippen LogP contribution is -2.47. The topological polar surface area (TPSA) is 50.2 Å². The second-order valence-electron chi connectivity index (χ2n) is 6.76. The van der Waals surface area contributed by atoms with E-state index in [9.17, 15) is 9.32 Å². The van der Waals surface area contributed by atoms with Crippen molar-refractivity contribution in [3.8, 4) is 0 Å². The van der Waals surface area contributed by atoms with Crippen LogP contribution in [0.25, 0.3) is 10.9 Å². The van der Waals surface area contributed by atoms with Crippen molar-refractivity contribution in [2.75, 3.05) is 0 Å². The normalized spacial score (nSPS) is 34.7. The van der Waals surface area contributed by atoms with Crippen LogP contribution >= 0.6 is 0 Å². The van der Waals surface area contributed by atoms with Gasteiger partial charge in [0.2, 0.25) is 0 Å². The van der Waals surface area contributed by atoms with Crippen molar-refractivity contribution >= 4 is 21.7 Å². The summed E-state index contributed by atoms with van der Waals surface area (Å²) in [6.07, 6.45) is 6.15. The molecule has 1 aromatic heterocycles. The van der Waals surface area contributed by atoms with E-state index in [-0.39, 0.29) is 10.5 Å². The first-order valence-electron chi connectivity index (χ1n) is 8.05. The molecular formula is C18H21NO2S. The van der Waals surface area contributed by atoms with Crippen LogP contribution in [0.3, 0.4) is 0 Å². The van der Waals surface area contributed by atoms with Crippen molar-refractivity contribution in [2.45, 2.75) is 55.1 Å². The quantitative estimate of drug-likeness (QED) is 0.879. The van der Waals surface area contributed by atoms with Gasteiger partial charge < -0.3 is 5.11 Å². The number of aliphatic hydroxyl groups is 1. The molecule has 2 atom stereocenters. The second-order valence-corrected chi connectivity index (χ2v) is 8.75. The Labute approximate surface area is 133 Å². The number of hydrogen-bond donors (Lipinski definition) is 1. The van der Waals surface area contributed by atoms with Gasteiger partial charge in [0.05, 0.1) is 11.1 Å². The van der Waals surface area contributed by atoms with Crippen LogP contribution in [0.2, 0.25) is 0 Å². The van der Waals surface area contributed by atoms with Crippen LogP contribution in [0.15, 0.2) is 30.5 Å². The molecule has 2 fully saturated rings. The summed E-state index contributed by atoms with van der Waals surface area (Å²) in [5.74, 6) is 0. The Balaban J connectivity index is 1.81. The predicted molar refractivity (Wildman–Crippen MR) is 89.2 cm³/mol. The Morgan fingerprint density at radius 3 is 2.68 bits per heavy atom. The second kappa shape index (κ2) is 5.14. The first-order valence-corrected chi connectivity index (χ1v) is 9.33. The molecule has 22 heavy (non-hydrogen) atoms. The summed E-state index contributed by atoms with van der Waals surface area (Å²) >= 11 is 0. The van der Waals surface area contributed by atoms with E-state index >= 15 is 0 Å². The van der Waals surface area contributed by atoms with Crippen LogP contribution in [-0.4, -0.2) is 24.8 Å². The number of rotatable bonds is 1. The number of hydrogen-bond acceptors (Lipinski definition) is 3. The first kappa shape index (κ1) is 14.3. The van der Waals surface area contributed by atoms with Gasteiger partial charge in [-0.05, 0) is 49.8 Å². The third-order valence-electron chi connectivity index (χ3n) is 5.37. The molecule has 0 aliphatic carbocycles. The number of pyridine rings is 1. The van der Waals surface area contributed by atoms with Gasteiger partial charge in [-0.15, -0.1) is 0 Å². The van der Waals surface area contributed by atoms with Crippen LogP contribution in [-0.2, 0) is 16.4 Å². The fourth-order valence-electron chi connectivity index (χ4n) is 4.30. The van der Waals surface area contributed by atoms with E-state index in [1.165, 1.54) is 0 Å². The van der Waals surface area contributed by atoms with Gasteiger partial charge in [-0.2, -0.15) is 0 Å². The molecule has 4 heteroatoms. The number of nitrogens with zero attached hydrogens (tertiary/aromatic N) is 1. The van der Waals surface area contributed by atoms with E-state index in [0.29, 0.717) is 12.8 Å². The summed E-state index contributed by atoms with van der Waals surface area (Å²) in [7, 11) is -0.766. The standard InChI is InChI=1S/C18H21NO2S/c1-12-16(8-7-13-4-3-9-19-17(12)13)18(20)10-14-5-2-6-15(11-18)22(14)21/h3-4,7-9,14-15,20H,2,5-6,10-11H2,1H3. The molecule has 0 radical (unpaired) electrons. The zero-order valence-corrected chi connectivity index (χ0v) is 13.6. The van der Waals surface area contributed by atoms with Gasteiger partial charge in [0.15, 0.2) is 0 Å². The molecule has 2 bridgehead atoms. The minimum atomic E-state index is -0.848. The van der Waals surface area contributed by atoms with Crippen LogP contribution in [0.5, 0.6) is 0 Å². The molecule has 3 nitrogen and oxygen atoms in total. The number of aromatic nitrogens is 1. The zero-order valence-electron chi connectivity index (χ0n) is 12.8. The molecule has 2 unspecified atom stereocenters. The molecule has 0 saturated carbocycles. The molecule has 2 aliphatic heterocycles. The molecular weight excluding hydrogens is 294 g/mol. The van der Waals surface area contributed by atoms with E-state index in [1.807, 2.05) is 31.2 Å². The Kier molecular flexibility index (Phi) is 3.35. The van der Waals surface area contributed by atoms with Crippen LogP contribution < -0.4 is 0 Å². The summed E-state index contributed by atoms with van der Waals surface area (Å²) < 4.78 is 12.4. The van der Waals surface area contributed by atoms with Gasteiger partial charge >= 0.3 is 0 Å². The molecule has 2 aliphatic rings. The lowest BCUT2D eigenvalue weighted by atomic mass is 9.78. The highest BCUT2D eigenvalue weighted by atomic mass is 32.2. The monoisotopic (exact) mass is 315 g/mol. The van der Waals surface area contributed by atoms with Crippen molar-refractivity contribution in [1.29, 1.82) is 0 Å². The molecule has 2 aromatic rings. The average Bonchev–Trinajstić information content (AvgIpc) is 2.50. The minimum absolute atomic E-state index is 0.149. The summed E-state index contributed by atoms with van der Waals surface area (Å²) in [5.41, 5.74) is 2.16. The molecule has 4 rings (SSSR count). The van der Waals surface area contributed by atoms with Gasteiger partial charge in [-0.25, -0.2) is 0 Å². The maximum Gasteiger partial charge on any atom is 0.0922 e. The Morgan fingerprint density at radius 1 is 1.23 bits per heavy atom. The fourth-order valence-corrected chi connectivity index (χ4v) is 6.52. The highest BCUT2D eigenvalue weighted by Gasteiger charge is 2.46. The van der Waals surface area contributed by atoms with Gasteiger partial charge in [0.25, 0.3) is 0 Å². The highest BCUT2D eigenvalue weighted by molar-refractivity contribution is 7.86. The largest absolute Gasteiger partial charge is 0.385 e. The van der Waals surface area contributed by atoms with E-state index in [2.05, 4.69) is 4.98 Å². The third-order valence-corrected chi connectivity index (χ3v) is 7.49. The summed E-state index contributed by atoms with van der Waals surface area (Å²) in [6.45, 7) is 2.05. The van der Waals surface area contributed by atoms with Crippen molar-refractivity contribution < 1.29 is 9.32 Å². The molecule has 3 heterocycles. The van der Waals surface area contributed by atoms with E-state index in [4.69, 9.17) is 0 Å². The van der Waals surface area contributed by atoms with Crippen molar-refractivity contribution in [2.24, 2.45) is 0 Å². The van der Waals surface area contributed by atoms with Crippen LogP contribution in [0, 0.1) is 6.92 Å². The summed E-state index contributed by atoms with van der Waals surface area (Å²) in [4.78, 5) is 4.48. The summed E-state index contributed by atoms with van der Waals surface area (Å²) in [6, 6.07) is 8.07. The van der Waals surface area contributed by atoms with Gasteiger partial charge in [-0.3, -0.25) is 9.19 Å². The van der Waals surface area contributed by atoms with Crippen molar-refractivity contribution in [3.05, 3.63) is 41.6 Å². The fraction of sp³-hybridized carbons (Fsp3) is 0.500. The van der Waals surface area contributed by atoms with Crippen LogP contribution in [0.1, 0.15) is 43.2 Å². The maximum atomic E-state index is 12.4. The van der Waals surface area contributed by atoms with E-state index in [1.54, 1.807) is 6.20 Å². The lowest BCUT2D eigenvalue weighted by Gasteiger charge is -2.44. The smallest absolute Gasteiger partial charge is 0.0922 e. The average molecular weight is 315 g/mol. The van der Waals surface area contributed by atoms with Crippen molar-refractivity contribution in [1.82, 2.24) is 4.98 Å². The third kappa shape index (κ3) is 2.12. The minimum Gasteiger partial charge on any atom is -0.385 e. The Bertz CT molecular complexity index is 742. The Hall–Kier alpha value is -1.26. The highest BCUT2D eigenvalue weighted by Crippen LogP contribution is 2.45. The number of aryl methyl sites for hydroxylation is 1. The maximum absolute atomic E-state index is 12.4. The number of fused-ring (bicyclic) bond motifs is 3. The van der Waals surface area contributed by atoms with Gasteiger partial charge in [0, 0.05) is 32.9 Å². The van der Waals surface area contributed by atoms with E-state index < -0.39 is 16.4 Å². The zero-order chi connectivity index (χ0) is 15.3. The van der Waals surface area contributed by atoms with E-state index in [0.717, 1.165) is 41.3 Å². The van der Waals surface area contributed by atoms with Gasteiger partial charge in [-0.1, -0.05) is 24.6 Å². The lowest BCUT2D eigenvalue weighted by molar-refractivity contribution is 0.00611. The first-order chi connectivity index (χ1) is 10.6.